The Morgan fingerprint density at radius 1 is 1.05 bits per heavy atom. The van der Waals surface area contributed by atoms with Crippen LogP contribution in [0.5, 0.6) is 0 Å². The number of benzene rings is 2. The molecular weight excluding hydrogens is 476 g/mol. The van der Waals surface area contributed by atoms with Gasteiger partial charge in [0, 0.05) is 43.7 Å². The Hall–Kier alpha value is -2.82. The molecule has 0 bridgehead atoms. The first-order valence-corrected chi connectivity index (χ1v) is 12.7. The van der Waals surface area contributed by atoms with Gasteiger partial charge in [0.2, 0.25) is 0 Å². The van der Waals surface area contributed by atoms with E-state index in [1.165, 1.54) is 13.8 Å². The van der Waals surface area contributed by atoms with Gasteiger partial charge >= 0.3 is 5.97 Å². The number of ether oxygens (including phenoxy) is 4. The Kier molecular flexibility index (Phi) is 9.28. The number of rotatable bonds is 8. The van der Waals surface area contributed by atoms with Crippen LogP contribution in [0.3, 0.4) is 0 Å². The van der Waals surface area contributed by atoms with E-state index in [0.717, 1.165) is 49.5 Å². The van der Waals surface area contributed by atoms with Crippen LogP contribution in [0.2, 0.25) is 0 Å². The first-order valence-electron chi connectivity index (χ1n) is 12.7. The minimum Gasteiger partial charge on any atom is -0.453 e. The molecule has 0 spiro atoms. The fourth-order valence-electron chi connectivity index (χ4n) is 4.64. The normalized spacial score (nSPS) is 25.3. The van der Waals surface area contributed by atoms with Gasteiger partial charge in [-0.15, -0.1) is 0 Å². The maximum Gasteiger partial charge on any atom is 0.303 e. The van der Waals surface area contributed by atoms with E-state index in [1.807, 2.05) is 36.4 Å². The van der Waals surface area contributed by atoms with E-state index in [2.05, 4.69) is 17.1 Å². The van der Waals surface area contributed by atoms with Crippen molar-refractivity contribution in [2.24, 2.45) is 5.92 Å². The largest absolute Gasteiger partial charge is 0.453 e. The van der Waals surface area contributed by atoms with Crippen LogP contribution < -0.4 is 5.32 Å². The quantitative estimate of drug-likeness (QED) is 0.520. The van der Waals surface area contributed by atoms with Crippen molar-refractivity contribution >= 4 is 17.6 Å². The van der Waals surface area contributed by atoms with Crippen molar-refractivity contribution in [2.45, 2.75) is 52.0 Å². The van der Waals surface area contributed by atoms with Gasteiger partial charge in [0.25, 0.3) is 5.91 Å². The summed E-state index contributed by atoms with van der Waals surface area (Å²) in [4.78, 5) is 25.8. The second kappa shape index (κ2) is 12.6. The lowest BCUT2D eigenvalue weighted by molar-refractivity contribution is -0.277. The molecule has 0 unspecified atom stereocenters. The first-order chi connectivity index (χ1) is 17.8. The molecule has 2 aliphatic rings. The molecule has 9 heteroatoms. The number of hydrogen-bond acceptors (Lipinski definition) is 8. The molecule has 0 radical (unpaired) electrons. The van der Waals surface area contributed by atoms with Crippen LogP contribution in [0.25, 0.3) is 0 Å². The van der Waals surface area contributed by atoms with E-state index >= 15 is 0 Å². The summed E-state index contributed by atoms with van der Waals surface area (Å²) in [5.41, 5.74) is 3.30. The highest BCUT2D eigenvalue weighted by atomic mass is 16.7. The van der Waals surface area contributed by atoms with Gasteiger partial charge in [-0.1, -0.05) is 43.3 Å². The van der Waals surface area contributed by atoms with Crippen molar-refractivity contribution in [2.75, 3.05) is 38.2 Å². The molecule has 2 aliphatic heterocycles. The molecule has 2 aromatic carbocycles. The number of nitrogens with zero attached hydrogens (tertiary/aromatic N) is 1. The Labute approximate surface area is 217 Å². The number of carbonyl (C=O) groups is 2. The Bertz CT molecular complexity index is 1040. The van der Waals surface area contributed by atoms with Gasteiger partial charge in [-0.05, 0) is 30.2 Å². The van der Waals surface area contributed by atoms with E-state index in [-0.39, 0.29) is 24.7 Å². The summed E-state index contributed by atoms with van der Waals surface area (Å²) in [6.07, 6.45) is -1.73. The summed E-state index contributed by atoms with van der Waals surface area (Å²) in [6.45, 7) is 8.89. The molecule has 2 heterocycles. The summed E-state index contributed by atoms with van der Waals surface area (Å²) < 4.78 is 23.4. The molecule has 0 aromatic heterocycles. The number of hydrogen-bond donors (Lipinski definition) is 2. The zero-order valence-corrected chi connectivity index (χ0v) is 21.6. The number of carbonyl (C=O) groups excluding carboxylic acids is 2. The minimum absolute atomic E-state index is 0.00467. The van der Waals surface area contributed by atoms with Crippen molar-refractivity contribution < 1.29 is 33.6 Å². The lowest BCUT2D eigenvalue weighted by Gasteiger charge is -2.43. The van der Waals surface area contributed by atoms with Crippen LogP contribution in [-0.2, 0) is 35.1 Å². The molecular formula is C28H36N2O7. The summed E-state index contributed by atoms with van der Waals surface area (Å²) in [7, 11) is 0. The SMILES string of the molecule is CC(=O)O[C@@H](C)C(=O)Nc1ccc([C@H]2O[C@@H](CN3CCOCC3)[C@@H](C)[C@@H](c3ccc(CO)cc3)O2)cc1. The zero-order valence-electron chi connectivity index (χ0n) is 21.6. The molecule has 4 rings (SSSR count). The predicted molar refractivity (Wildman–Crippen MR) is 137 cm³/mol. The first kappa shape index (κ1) is 27.2. The highest BCUT2D eigenvalue weighted by Gasteiger charge is 2.39. The number of anilines is 1. The van der Waals surface area contributed by atoms with Crippen molar-refractivity contribution in [3.05, 3.63) is 65.2 Å². The maximum absolute atomic E-state index is 12.3. The van der Waals surface area contributed by atoms with Crippen molar-refractivity contribution in [3.63, 3.8) is 0 Å². The molecule has 1 amide bonds. The molecule has 9 nitrogen and oxygen atoms in total. The lowest BCUT2D eigenvalue weighted by atomic mass is 9.90. The fraction of sp³-hybridized carbons (Fsp3) is 0.500. The van der Waals surface area contributed by atoms with E-state index in [1.54, 1.807) is 12.1 Å². The summed E-state index contributed by atoms with van der Waals surface area (Å²) in [5.74, 6) is -0.815. The van der Waals surface area contributed by atoms with Gasteiger partial charge in [-0.25, -0.2) is 0 Å². The molecule has 2 saturated heterocycles. The summed E-state index contributed by atoms with van der Waals surface area (Å²) >= 11 is 0. The highest BCUT2D eigenvalue weighted by Crippen LogP contribution is 2.42. The number of nitrogens with one attached hydrogen (secondary N) is 1. The van der Waals surface area contributed by atoms with Crippen molar-refractivity contribution in [1.82, 2.24) is 4.90 Å². The molecule has 0 saturated carbocycles. The third kappa shape index (κ3) is 7.15. The lowest BCUT2D eigenvalue weighted by Crippen LogP contribution is -2.47. The zero-order chi connectivity index (χ0) is 26.4. The average Bonchev–Trinajstić information content (AvgIpc) is 2.90. The Morgan fingerprint density at radius 2 is 1.70 bits per heavy atom. The number of morpholine rings is 1. The van der Waals surface area contributed by atoms with E-state index in [4.69, 9.17) is 18.9 Å². The second-order valence-corrected chi connectivity index (χ2v) is 9.60. The predicted octanol–water partition coefficient (Wildman–Crippen LogP) is 3.19. The third-order valence-corrected chi connectivity index (χ3v) is 6.83. The van der Waals surface area contributed by atoms with Gasteiger partial charge in [0.1, 0.15) is 0 Å². The number of aliphatic hydroxyl groups is 1. The molecule has 37 heavy (non-hydrogen) atoms. The topological polar surface area (TPSA) is 107 Å². The molecule has 2 N–H and O–H groups in total. The van der Waals surface area contributed by atoms with E-state index in [0.29, 0.717) is 5.69 Å². The standard InChI is InChI=1S/C28H36N2O7/c1-18-25(16-30-12-14-34-15-13-30)36-28(37-26(18)22-6-4-21(17-31)5-7-22)23-8-10-24(11-9-23)29-27(33)19(2)35-20(3)32/h4-11,18-19,25-26,28,31H,12-17H2,1-3H3,(H,29,33)/t18-,19+,25+,26+,28+/m1/s1. The average molecular weight is 513 g/mol. The Balaban J connectivity index is 1.50. The van der Waals surface area contributed by atoms with Gasteiger partial charge < -0.3 is 29.4 Å². The number of amides is 1. The molecule has 200 valence electrons. The van der Waals surface area contributed by atoms with Crippen LogP contribution in [0.1, 0.15) is 49.9 Å². The van der Waals surface area contributed by atoms with E-state index < -0.39 is 24.3 Å². The monoisotopic (exact) mass is 512 g/mol. The molecule has 5 atom stereocenters. The van der Waals surface area contributed by atoms with Gasteiger partial charge in [-0.2, -0.15) is 0 Å². The van der Waals surface area contributed by atoms with Crippen LogP contribution in [-0.4, -0.2) is 66.9 Å². The van der Waals surface area contributed by atoms with Crippen molar-refractivity contribution in [1.29, 1.82) is 0 Å². The minimum atomic E-state index is -0.886. The highest BCUT2D eigenvalue weighted by molar-refractivity contribution is 5.94. The third-order valence-electron chi connectivity index (χ3n) is 6.83. The second-order valence-electron chi connectivity index (χ2n) is 9.60. The molecule has 0 aliphatic carbocycles. The fourth-order valence-corrected chi connectivity index (χ4v) is 4.64. The van der Waals surface area contributed by atoms with Crippen LogP contribution in [0.15, 0.2) is 48.5 Å². The smallest absolute Gasteiger partial charge is 0.303 e. The maximum atomic E-state index is 12.3. The van der Waals surface area contributed by atoms with Crippen LogP contribution in [0, 0.1) is 5.92 Å². The Morgan fingerprint density at radius 3 is 2.32 bits per heavy atom. The van der Waals surface area contributed by atoms with Gasteiger partial charge in [-0.3, -0.25) is 14.5 Å². The van der Waals surface area contributed by atoms with Crippen molar-refractivity contribution in [3.8, 4) is 0 Å². The van der Waals surface area contributed by atoms with E-state index in [9.17, 15) is 14.7 Å². The number of aliphatic hydroxyl groups excluding tert-OH is 1. The summed E-state index contributed by atoms with van der Waals surface area (Å²) in [6, 6.07) is 15.1. The summed E-state index contributed by atoms with van der Waals surface area (Å²) in [5, 5.41) is 12.2. The number of esters is 1. The van der Waals surface area contributed by atoms with Crippen LogP contribution >= 0.6 is 0 Å². The molecule has 2 aromatic rings. The van der Waals surface area contributed by atoms with Gasteiger partial charge in [0.05, 0.1) is 32.0 Å². The van der Waals surface area contributed by atoms with Crippen LogP contribution in [0.4, 0.5) is 5.69 Å². The molecule has 2 fully saturated rings. The van der Waals surface area contributed by atoms with Gasteiger partial charge in [0.15, 0.2) is 12.4 Å².